The maximum Gasteiger partial charge on any atom is 0.335 e. The molecule has 4 amide bonds. The van der Waals surface area contributed by atoms with Crippen molar-refractivity contribution in [2.75, 3.05) is 12.0 Å². The molecule has 7 heteroatoms. The number of urea groups is 1. The highest BCUT2D eigenvalue weighted by molar-refractivity contribution is 6.39. The molecule has 1 N–H and O–H groups in total. The number of fused-ring (bicyclic) bond motifs is 1. The van der Waals surface area contributed by atoms with Crippen molar-refractivity contribution in [2.24, 2.45) is 0 Å². The number of hydrogen-bond acceptors (Lipinski definition) is 5. The number of amides is 4. The molecule has 0 spiro atoms. The summed E-state index contributed by atoms with van der Waals surface area (Å²) in [5.74, 6) is -0.465. The first-order chi connectivity index (χ1) is 18.8. The minimum atomic E-state index is -0.777. The van der Waals surface area contributed by atoms with Crippen molar-refractivity contribution in [1.29, 1.82) is 0 Å². The van der Waals surface area contributed by atoms with Crippen molar-refractivity contribution >= 4 is 40.4 Å². The second-order valence-electron chi connectivity index (χ2n) is 9.53. The Bertz CT molecular complexity index is 1670. The molecule has 0 atom stereocenters. The van der Waals surface area contributed by atoms with Gasteiger partial charge in [0.1, 0.15) is 12.2 Å². The predicted octanol–water partition coefficient (Wildman–Crippen LogP) is 6.02. The molecular formula is C32H28N2O5. The van der Waals surface area contributed by atoms with Gasteiger partial charge in [-0.25, -0.2) is 9.69 Å². The highest BCUT2D eigenvalue weighted by atomic mass is 16.5. The van der Waals surface area contributed by atoms with Gasteiger partial charge in [-0.3, -0.25) is 14.9 Å². The van der Waals surface area contributed by atoms with Gasteiger partial charge in [0.15, 0.2) is 11.5 Å². The van der Waals surface area contributed by atoms with Gasteiger partial charge in [-0.05, 0) is 78.1 Å². The zero-order chi connectivity index (χ0) is 27.7. The molecule has 0 radical (unpaired) electrons. The number of carbonyl (C=O) groups excluding carboxylic acids is 3. The molecule has 7 nitrogen and oxygen atoms in total. The fraction of sp³-hybridized carbons (Fsp3) is 0.156. The van der Waals surface area contributed by atoms with Crippen LogP contribution in [0.2, 0.25) is 0 Å². The Morgan fingerprint density at radius 3 is 2.41 bits per heavy atom. The lowest BCUT2D eigenvalue weighted by molar-refractivity contribution is -0.122. The molecule has 0 saturated carbocycles. The van der Waals surface area contributed by atoms with Crippen LogP contribution in [-0.4, -0.2) is 25.0 Å². The first kappa shape index (κ1) is 25.7. The number of carbonyl (C=O) groups is 3. The number of imide groups is 2. The van der Waals surface area contributed by atoms with Crippen LogP contribution in [0.25, 0.3) is 16.8 Å². The van der Waals surface area contributed by atoms with Crippen molar-refractivity contribution in [3.05, 3.63) is 106 Å². The van der Waals surface area contributed by atoms with Crippen LogP contribution in [-0.2, 0) is 16.2 Å². The monoisotopic (exact) mass is 520 g/mol. The maximum atomic E-state index is 13.4. The minimum absolute atomic E-state index is 0.155. The number of anilines is 1. The number of aryl methyl sites for hydroxylation is 3. The summed E-state index contributed by atoms with van der Waals surface area (Å²) >= 11 is 0. The third-order valence-electron chi connectivity index (χ3n) is 6.85. The van der Waals surface area contributed by atoms with Crippen molar-refractivity contribution in [3.8, 4) is 11.5 Å². The summed E-state index contributed by atoms with van der Waals surface area (Å²) in [5.41, 5.74) is 4.66. The van der Waals surface area contributed by atoms with Crippen LogP contribution in [0.3, 0.4) is 0 Å². The van der Waals surface area contributed by atoms with E-state index in [0.29, 0.717) is 29.4 Å². The van der Waals surface area contributed by atoms with Crippen molar-refractivity contribution in [3.63, 3.8) is 0 Å². The molecule has 1 heterocycles. The van der Waals surface area contributed by atoms with Gasteiger partial charge in [0.25, 0.3) is 11.8 Å². The summed E-state index contributed by atoms with van der Waals surface area (Å²) in [7, 11) is 1.53. The summed E-state index contributed by atoms with van der Waals surface area (Å²) in [6, 6.07) is 22.2. The molecule has 1 aliphatic rings. The van der Waals surface area contributed by atoms with Crippen LogP contribution < -0.4 is 19.7 Å². The number of nitrogens with one attached hydrogen (secondary N) is 1. The van der Waals surface area contributed by atoms with E-state index in [9.17, 15) is 14.4 Å². The summed E-state index contributed by atoms with van der Waals surface area (Å²) in [6.45, 7) is 6.07. The number of nitrogens with zero attached hydrogens (tertiary/aromatic N) is 1. The van der Waals surface area contributed by atoms with E-state index in [0.717, 1.165) is 37.9 Å². The average Bonchev–Trinajstić information content (AvgIpc) is 2.92. The molecule has 4 aromatic carbocycles. The van der Waals surface area contributed by atoms with Gasteiger partial charge in [0, 0.05) is 5.56 Å². The molecule has 1 fully saturated rings. The van der Waals surface area contributed by atoms with E-state index in [1.54, 1.807) is 31.2 Å². The van der Waals surface area contributed by atoms with Gasteiger partial charge >= 0.3 is 6.03 Å². The van der Waals surface area contributed by atoms with E-state index in [1.165, 1.54) is 13.2 Å². The number of barbiturate groups is 1. The third kappa shape index (κ3) is 4.99. The Hall–Kier alpha value is -4.91. The van der Waals surface area contributed by atoms with Crippen LogP contribution in [0.15, 0.2) is 78.4 Å². The maximum absolute atomic E-state index is 13.4. The van der Waals surface area contributed by atoms with E-state index in [-0.39, 0.29) is 5.57 Å². The van der Waals surface area contributed by atoms with E-state index < -0.39 is 17.8 Å². The lowest BCUT2D eigenvalue weighted by Crippen LogP contribution is -2.54. The molecular weight excluding hydrogens is 492 g/mol. The van der Waals surface area contributed by atoms with Crippen molar-refractivity contribution in [2.45, 2.75) is 27.4 Å². The first-order valence-corrected chi connectivity index (χ1v) is 12.5. The molecule has 0 unspecified atom stereocenters. The zero-order valence-corrected chi connectivity index (χ0v) is 22.2. The summed E-state index contributed by atoms with van der Waals surface area (Å²) in [5, 5.41) is 4.54. The van der Waals surface area contributed by atoms with Gasteiger partial charge < -0.3 is 9.47 Å². The number of benzene rings is 4. The molecule has 39 heavy (non-hydrogen) atoms. The summed E-state index contributed by atoms with van der Waals surface area (Å²) in [6.07, 6.45) is 1.45. The number of rotatable bonds is 6. The van der Waals surface area contributed by atoms with E-state index in [1.807, 2.05) is 31.2 Å². The Kier molecular flexibility index (Phi) is 6.90. The zero-order valence-electron chi connectivity index (χ0n) is 22.2. The van der Waals surface area contributed by atoms with Crippen molar-refractivity contribution in [1.82, 2.24) is 5.32 Å². The Labute approximate surface area is 226 Å². The van der Waals surface area contributed by atoms with Crippen LogP contribution in [0.1, 0.15) is 27.8 Å². The fourth-order valence-electron chi connectivity index (χ4n) is 4.68. The smallest absolute Gasteiger partial charge is 0.335 e. The average molecular weight is 521 g/mol. The first-order valence-electron chi connectivity index (χ1n) is 12.5. The molecule has 4 aromatic rings. The Morgan fingerprint density at radius 1 is 0.846 bits per heavy atom. The second-order valence-corrected chi connectivity index (χ2v) is 9.53. The number of ether oxygens (including phenoxy) is 2. The fourth-order valence-corrected chi connectivity index (χ4v) is 4.68. The quantitative estimate of drug-likeness (QED) is 0.248. The number of methoxy groups -OCH3 is 1. The lowest BCUT2D eigenvalue weighted by atomic mass is 10.0. The Morgan fingerprint density at radius 2 is 1.62 bits per heavy atom. The normalized spacial score (nSPS) is 14.6. The number of hydrogen-bond donors (Lipinski definition) is 1. The topological polar surface area (TPSA) is 84.9 Å². The van der Waals surface area contributed by atoms with Gasteiger partial charge in [-0.1, -0.05) is 54.6 Å². The predicted molar refractivity (Wildman–Crippen MR) is 151 cm³/mol. The van der Waals surface area contributed by atoms with Crippen LogP contribution in [0.4, 0.5) is 10.5 Å². The standard InChI is InChI=1S/C32H28N2O5/c1-19-9-10-21(3)27(15-19)34-31(36)25(30(35)33-32(34)37)16-22-12-14-28(29(17-22)38-4)39-18-26-20(2)11-13-23-7-5-6-8-24(23)26/h5-17H,18H2,1-4H3,(H,33,35,37)/b25-16+. The largest absolute Gasteiger partial charge is 0.493 e. The Balaban J connectivity index is 1.43. The molecule has 1 aliphatic heterocycles. The van der Waals surface area contributed by atoms with E-state index in [4.69, 9.17) is 9.47 Å². The van der Waals surface area contributed by atoms with Gasteiger partial charge in [0.2, 0.25) is 0 Å². The van der Waals surface area contributed by atoms with E-state index >= 15 is 0 Å². The van der Waals surface area contributed by atoms with Gasteiger partial charge in [0.05, 0.1) is 12.8 Å². The second kappa shape index (κ2) is 10.5. The third-order valence-corrected chi connectivity index (χ3v) is 6.85. The van der Waals surface area contributed by atoms with E-state index in [2.05, 4.69) is 36.5 Å². The summed E-state index contributed by atoms with van der Waals surface area (Å²) in [4.78, 5) is 39.6. The lowest BCUT2D eigenvalue weighted by Gasteiger charge is -2.27. The van der Waals surface area contributed by atoms with Gasteiger partial charge in [-0.15, -0.1) is 0 Å². The van der Waals surface area contributed by atoms with Crippen LogP contribution in [0, 0.1) is 20.8 Å². The van der Waals surface area contributed by atoms with Crippen LogP contribution in [0.5, 0.6) is 11.5 Å². The summed E-state index contributed by atoms with van der Waals surface area (Å²) < 4.78 is 11.7. The van der Waals surface area contributed by atoms with Crippen LogP contribution >= 0.6 is 0 Å². The molecule has 1 saturated heterocycles. The highest BCUT2D eigenvalue weighted by Gasteiger charge is 2.37. The molecule has 196 valence electrons. The molecule has 0 aromatic heterocycles. The molecule has 5 rings (SSSR count). The SMILES string of the molecule is COc1cc(/C=C2\C(=O)NC(=O)N(c3cc(C)ccc3C)C2=O)ccc1OCc1c(C)ccc2ccccc12. The van der Waals surface area contributed by atoms with Crippen molar-refractivity contribution < 1.29 is 23.9 Å². The highest BCUT2D eigenvalue weighted by Crippen LogP contribution is 2.32. The molecule has 0 aliphatic carbocycles. The van der Waals surface area contributed by atoms with Gasteiger partial charge in [-0.2, -0.15) is 0 Å². The molecule has 0 bridgehead atoms. The minimum Gasteiger partial charge on any atom is -0.493 e.